The van der Waals surface area contributed by atoms with Gasteiger partial charge < -0.3 is 9.91 Å². The lowest BCUT2D eigenvalue weighted by molar-refractivity contribution is -0.645. The number of hydrogen-bond acceptors (Lipinski definition) is 2. The van der Waals surface area contributed by atoms with Crippen molar-refractivity contribution in [1.29, 1.82) is 0 Å². The van der Waals surface area contributed by atoms with Gasteiger partial charge in [-0.3, -0.25) is 22.4 Å². The molecular formula is C11H16BF4N5O. The van der Waals surface area contributed by atoms with Gasteiger partial charge >= 0.3 is 13.5 Å². The molecule has 22 heavy (non-hydrogen) atoms. The predicted octanol–water partition coefficient (Wildman–Crippen LogP) is -2.41. The maximum absolute atomic E-state index is 11.7. The molecule has 1 heterocycles. The Bertz CT molecular complexity index is 640. The van der Waals surface area contributed by atoms with Crippen LogP contribution in [0.1, 0.15) is 0 Å². The van der Waals surface area contributed by atoms with Crippen molar-refractivity contribution in [3.63, 3.8) is 0 Å². The molecule has 0 amide bonds. The third-order valence-electron chi connectivity index (χ3n) is 2.48. The molecular weight excluding hydrogens is 305 g/mol. The van der Waals surface area contributed by atoms with Crippen LogP contribution in [-0.2, 0) is 0 Å². The van der Waals surface area contributed by atoms with E-state index in [-0.39, 0.29) is 4.70 Å². The first kappa shape index (κ1) is 19.7. The number of rotatable bonds is 0. The monoisotopic (exact) mass is 321 g/mol. The topological polar surface area (TPSA) is 51.0 Å². The van der Waals surface area contributed by atoms with Crippen molar-refractivity contribution in [3.05, 3.63) is 29.5 Å². The molecule has 2 rings (SSSR count). The number of hydrogen-bond donors (Lipinski definition) is 0. The Balaban J connectivity index is 0.000000791. The Morgan fingerprint density at radius 2 is 1.77 bits per heavy atom. The van der Waals surface area contributed by atoms with Gasteiger partial charge in [-0.05, 0) is 12.1 Å². The minimum absolute atomic E-state index is 0. The van der Waals surface area contributed by atoms with Crippen molar-refractivity contribution in [3.8, 4) is 0 Å². The summed E-state index contributed by atoms with van der Waals surface area (Å²) in [5.74, 6) is 0.829. The SMILES string of the molecule is CN(C)C(n1n[n+]([O-])c2ccccc21)=[N+](C)C.FB(F)F.[F-]. The van der Waals surface area contributed by atoms with Crippen LogP contribution in [0, 0.1) is 5.21 Å². The second-order valence-corrected chi connectivity index (χ2v) is 4.50. The van der Waals surface area contributed by atoms with Crippen LogP contribution in [0.25, 0.3) is 11.0 Å². The molecule has 11 heteroatoms. The number of para-hydroxylation sites is 2. The summed E-state index contributed by atoms with van der Waals surface area (Å²) in [6.45, 7) is 0. The molecule has 122 valence electrons. The predicted molar refractivity (Wildman–Crippen MR) is 74.0 cm³/mol. The highest BCUT2D eigenvalue weighted by Gasteiger charge is 2.22. The Kier molecular flexibility index (Phi) is 7.33. The van der Waals surface area contributed by atoms with E-state index in [4.69, 9.17) is 0 Å². The molecule has 2 aromatic rings. The fourth-order valence-corrected chi connectivity index (χ4v) is 1.91. The second kappa shape index (κ2) is 8.20. The smallest absolute Gasteiger partial charge is 0.762 e. The van der Waals surface area contributed by atoms with Crippen LogP contribution in [0.3, 0.4) is 0 Å². The van der Waals surface area contributed by atoms with Crippen LogP contribution in [0.5, 0.6) is 0 Å². The molecule has 0 N–H and O–H groups in total. The van der Waals surface area contributed by atoms with Gasteiger partial charge in [0.15, 0.2) is 11.0 Å². The molecule has 6 nitrogen and oxygen atoms in total. The zero-order chi connectivity index (χ0) is 16.2. The summed E-state index contributed by atoms with van der Waals surface area (Å²) in [6, 6.07) is 7.36. The third kappa shape index (κ3) is 4.60. The number of aromatic nitrogens is 3. The van der Waals surface area contributed by atoms with Gasteiger partial charge in [-0.2, -0.15) is 0 Å². The van der Waals surface area contributed by atoms with E-state index in [1.165, 1.54) is 0 Å². The fourth-order valence-electron chi connectivity index (χ4n) is 1.91. The van der Waals surface area contributed by atoms with Gasteiger partial charge in [0.25, 0.3) is 0 Å². The molecule has 0 aliphatic heterocycles. The Morgan fingerprint density at radius 1 is 1.27 bits per heavy atom. The van der Waals surface area contributed by atoms with Crippen molar-refractivity contribution in [2.75, 3.05) is 28.2 Å². The van der Waals surface area contributed by atoms with Gasteiger partial charge in [-0.15, -0.1) is 4.85 Å². The van der Waals surface area contributed by atoms with Gasteiger partial charge in [-0.25, -0.2) is 0 Å². The normalized spacial score (nSPS) is 9.41. The first-order chi connectivity index (χ1) is 9.75. The van der Waals surface area contributed by atoms with E-state index in [0.717, 1.165) is 11.5 Å². The average Bonchev–Trinajstić information content (AvgIpc) is 2.66. The van der Waals surface area contributed by atoms with Crippen LogP contribution < -0.4 is 9.55 Å². The second-order valence-electron chi connectivity index (χ2n) is 4.50. The zero-order valence-electron chi connectivity index (χ0n) is 12.5. The number of benzene rings is 1. The van der Waals surface area contributed by atoms with Gasteiger partial charge in [0.05, 0.1) is 33.4 Å². The van der Waals surface area contributed by atoms with Crippen molar-refractivity contribution in [1.82, 2.24) is 14.8 Å². The molecule has 1 aromatic heterocycles. The van der Waals surface area contributed by atoms with Crippen LogP contribution in [0.4, 0.5) is 12.9 Å². The summed E-state index contributed by atoms with van der Waals surface area (Å²) in [7, 11) is 4.00. The minimum atomic E-state index is -3.67. The van der Waals surface area contributed by atoms with Gasteiger partial charge in [0, 0.05) is 0 Å². The molecule has 0 saturated carbocycles. The van der Waals surface area contributed by atoms with Gasteiger partial charge in [0.1, 0.15) is 0 Å². The Hall–Kier alpha value is -2.33. The first-order valence-electron chi connectivity index (χ1n) is 5.97. The molecule has 0 atom stereocenters. The van der Waals surface area contributed by atoms with E-state index in [9.17, 15) is 18.2 Å². The van der Waals surface area contributed by atoms with E-state index in [0.29, 0.717) is 10.4 Å². The summed E-state index contributed by atoms with van der Waals surface area (Å²) in [5, 5.41) is 15.7. The molecule has 0 saturated heterocycles. The lowest BCUT2D eigenvalue weighted by Gasteiger charge is -2.09. The van der Waals surface area contributed by atoms with Crippen molar-refractivity contribution in [2.45, 2.75) is 0 Å². The maximum atomic E-state index is 11.7. The van der Waals surface area contributed by atoms with Crippen molar-refractivity contribution in [2.24, 2.45) is 0 Å². The summed E-state index contributed by atoms with van der Waals surface area (Å²) in [4.78, 5) is 2.56. The Labute approximate surface area is 125 Å². The van der Waals surface area contributed by atoms with E-state index in [1.807, 2.05) is 55.9 Å². The molecule has 1 aromatic carbocycles. The molecule has 0 fully saturated rings. The highest BCUT2D eigenvalue weighted by atomic mass is 19.4. The third-order valence-corrected chi connectivity index (χ3v) is 2.48. The Morgan fingerprint density at radius 3 is 2.23 bits per heavy atom. The summed E-state index contributed by atoms with van der Waals surface area (Å²) in [5.41, 5.74) is 1.36. The molecule has 0 unspecified atom stereocenters. The van der Waals surface area contributed by atoms with Crippen LogP contribution in [0.2, 0.25) is 0 Å². The summed E-state index contributed by atoms with van der Waals surface area (Å²) >= 11 is 0. The number of nitrogens with zero attached hydrogens (tertiary/aromatic N) is 5. The first-order valence-corrected chi connectivity index (χ1v) is 5.97. The quantitative estimate of drug-likeness (QED) is 0.136. The van der Waals surface area contributed by atoms with Crippen LogP contribution in [0.15, 0.2) is 24.3 Å². The van der Waals surface area contributed by atoms with Crippen molar-refractivity contribution >= 4 is 24.5 Å². The largest absolute Gasteiger partial charge is 1.00 e. The van der Waals surface area contributed by atoms with E-state index >= 15 is 0 Å². The zero-order valence-corrected chi connectivity index (χ0v) is 12.5. The molecule has 0 spiro atoms. The molecule has 0 bridgehead atoms. The standard InChI is InChI=1S/C11H16N5O.BF3.FH/c1-13(2)11(14(3)4)15-9-7-5-6-8-10(9)16(17)12-15;2-1(3)4;/h5-8H,1-4H3;;1H/q+1;;/p-1. The van der Waals surface area contributed by atoms with E-state index in [2.05, 4.69) is 5.21 Å². The highest BCUT2D eigenvalue weighted by Crippen LogP contribution is 2.08. The lowest BCUT2D eigenvalue weighted by atomic mass is 10.3. The fraction of sp³-hybridized carbons (Fsp3) is 0.364. The molecule has 0 aliphatic rings. The van der Waals surface area contributed by atoms with Gasteiger partial charge in [-0.1, -0.05) is 16.8 Å². The van der Waals surface area contributed by atoms with Gasteiger partial charge in [0.2, 0.25) is 0 Å². The maximum Gasteiger partial charge on any atom is 0.762 e. The van der Waals surface area contributed by atoms with E-state index < -0.39 is 7.54 Å². The minimum Gasteiger partial charge on any atom is -1.00 e. The summed E-state index contributed by atoms with van der Waals surface area (Å²) in [6.07, 6.45) is 0. The average molecular weight is 321 g/mol. The van der Waals surface area contributed by atoms with Crippen LogP contribution in [-0.4, -0.2) is 61.1 Å². The number of halogens is 4. The number of fused-ring (bicyclic) bond motifs is 1. The van der Waals surface area contributed by atoms with E-state index in [1.54, 1.807) is 10.7 Å². The summed E-state index contributed by atoms with van der Waals surface area (Å²) < 4.78 is 32.6. The van der Waals surface area contributed by atoms with Crippen molar-refractivity contribution < 1.29 is 27.1 Å². The van der Waals surface area contributed by atoms with Crippen LogP contribution >= 0.6 is 0 Å². The lowest BCUT2D eigenvalue weighted by Crippen LogP contribution is -3.00. The molecule has 0 aliphatic carbocycles. The highest BCUT2D eigenvalue weighted by molar-refractivity contribution is 6.33. The molecule has 0 radical (unpaired) electrons.